The van der Waals surface area contributed by atoms with Gasteiger partial charge < -0.3 is 0 Å². The van der Waals surface area contributed by atoms with Gasteiger partial charge in [-0.05, 0) is 6.42 Å². The van der Waals surface area contributed by atoms with Gasteiger partial charge in [-0.1, -0.05) is 127 Å². The molecule has 1 aromatic carbocycles. The van der Waals surface area contributed by atoms with E-state index in [1.54, 1.807) is 0 Å². The van der Waals surface area contributed by atoms with Gasteiger partial charge in [0.05, 0.1) is 0 Å². The van der Waals surface area contributed by atoms with Gasteiger partial charge in [0.2, 0.25) is 0 Å². The van der Waals surface area contributed by atoms with E-state index in [1.807, 2.05) is 54.9 Å². The first-order valence-corrected chi connectivity index (χ1v) is 13.4. The van der Waals surface area contributed by atoms with Crippen LogP contribution in [0.3, 0.4) is 0 Å². The molecule has 0 saturated heterocycles. The Balaban J connectivity index is 1.41. The highest BCUT2D eigenvalue weighted by molar-refractivity contribution is 6.08. The maximum absolute atomic E-state index is 12.5. The Labute approximate surface area is 197 Å². The van der Waals surface area contributed by atoms with Gasteiger partial charge >= 0.3 is 0 Å². The predicted octanol–water partition coefficient (Wildman–Crippen LogP) is 8.47. The van der Waals surface area contributed by atoms with Crippen LogP contribution in [0.4, 0.5) is 0 Å². The summed E-state index contributed by atoms with van der Waals surface area (Å²) in [6.45, 7) is 3.33. The van der Waals surface area contributed by atoms with Crippen molar-refractivity contribution in [2.45, 2.75) is 116 Å². The van der Waals surface area contributed by atoms with Crippen LogP contribution in [0.25, 0.3) is 0 Å². The number of pyridine rings is 1. The number of carbonyl (C=O) groups excluding carboxylic acids is 1. The fraction of sp³-hybridized carbons (Fsp3) is 0.600. The predicted molar refractivity (Wildman–Crippen MR) is 136 cm³/mol. The van der Waals surface area contributed by atoms with E-state index in [0.717, 1.165) is 17.7 Å². The van der Waals surface area contributed by atoms with Gasteiger partial charge in [-0.15, -0.1) is 0 Å². The van der Waals surface area contributed by atoms with Gasteiger partial charge in [-0.25, -0.2) is 4.57 Å². The summed E-state index contributed by atoms with van der Waals surface area (Å²) in [6, 6.07) is 13.4. The van der Waals surface area contributed by atoms with Crippen LogP contribution in [-0.2, 0) is 6.54 Å². The van der Waals surface area contributed by atoms with Crippen molar-refractivity contribution in [3.63, 3.8) is 0 Å². The molecular weight excluding hydrogens is 390 g/mol. The third-order valence-electron chi connectivity index (χ3n) is 6.46. The van der Waals surface area contributed by atoms with Crippen LogP contribution in [0.2, 0.25) is 0 Å². The van der Waals surface area contributed by atoms with Crippen LogP contribution in [0.1, 0.15) is 126 Å². The van der Waals surface area contributed by atoms with Crippen molar-refractivity contribution in [2.75, 3.05) is 0 Å². The van der Waals surface area contributed by atoms with Gasteiger partial charge in [-0.3, -0.25) is 4.79 Å². The molecule has 0 spiro atoms. The summed E-state index contributed by atoms with van der Waals surface area (Å²) in [5.74, 6) is 0.0974. The molecule has 176 valence electrons. The van der Waals surface area contributed by atoms with E-state index >= 15 is 0 Å². The molecule has 32 heavy (non-hydrogen) atoms. The van der Waals surface area contributed by atoms with Gasteiger partial charge in [0.25, 0.3) is 0 Å². The van der Waals surface area contributed by atoms with Crippen LogP contribution in [0.15, 0.2) is 54.9 Å². The Morgan fingerprint density at radius 2 is 0.969 bits per heavy atom. The minimum absolute atomic E-state index is 0.0974. The second-order valence-corrected chi connectivity index (χ2v) is 9.32. The molecule has 0 radical (unpaired) electrons. The first kappa shape index (κ1) is 26.3. The minimum Gasteiger partial charge on any atom is -0.289 e. The molecule has 0 N–H and O–H groups in total. The number of unbranched alkanes of at least 4 members (excludes halogenated alkanes) is 15. The Morgan fingerprint density at radius 3 is 1.44 bits per heavy atom. The highest BCUT2D eigenvalue weighted by atomic mass is 16.1. The molecule has 0 atom stereocenters. The van der Waals surface area contributed by atoms with E-state index in [1.165, 1.54) is 103 Å². The van der Waals surface area contributed by atoms with Crippen molar-refractivity contribution in [1.29, 1.82) is 0 Å². The molecule has 2 nitrogen and oxygen atoms in total. The zero-order valence-electron chi connectivity index (χ0n) is 20.6. The molecule has 2 rings (SSSR count). The van der Waals surface area contributed by atoms with Crippen molar-refractivity contribution in [2.24, 2.45) is 0 Å². The summed E-state index contributed by atoms with van der Waals surface area (Å²) >= 11 is 0. The topological polar surface area (TPSA) is 20.9 Å². The maximum atomic E-state index is 12.5. The van der Waals surface area contributed by atoms with Crippen molar-refractivity contribution < 1.29 is 9.36 Å². The Bertz CT molecular complexity index is 707. The number of aryl methyl sites for hydroxylation is 1. The second-order valence-electron chi connectivity index (χ2n) is 9.32. The second kappa shape index (κ2) is 17.6. The fourth-order valence-corrected chi connectivity index (χ4v) is 4.36. The first-order valence-electron chi connectivity index (χ1n) is 13.4. The molecule has 0 aliphatic heterocycles. The van der Waals surface area contributed by atoms with Crippen LogP contribution in [0, 0.1) is 0 Å². The number of hydrogen-bond acceptors (Lipinski definition) is 1. The molecule has 0 bridgehead atoms. The lowest BCUT2D eigenvalue weighted by Crippen LogP contribution is -2.32. The highest BCUT2D eigenvalue weighted by Crippen LogP contribution is 2.14. The van der Waals surface area contributed by atoms with Crippen LogP contribution in [0.5, 0.6) is 0 Å². The highest BCUT2D eigenvalue weighted by Gasteiger charge is 2.10. The molecule has 2 heteroatoms. The summed E-state index contributed by atoms with van der Waals surface area (Å²) in [5, 5.41) is 0. The van der Waals surface area contributed by atoms with Crippen molar-refractivity contribution in [3.8, 4) is 0 Å². The Hall–Kier alpha value is -1.96. The average molecular weight is 437 g/mol. The summed E-state index contributed by atoms with van der Waals surface area (Å²) < 4.78 is 2.20. The summed E-state index contributed by atoms with van der Waals surface area (Å²) in [4.78, 5) is 12.5. The SMILES string of the molecule is CCCCCCCCCCCCCCCCCC[n+]1ccc(C(=O)c2ccccc2)cc1. The lowest BCUT2D eigenvalue weighted by atomic mass is 10.0. The number of nitrogens with zero attached hydrogens (tertiary/aromatic N) is 1. The Kier molecular flexibility index (Phi) is 14.4. The summed E-state index contributed by atoms with van der Waals surface area (Å²) in [7, 11) is 0. The first-order chi connectivity index (χ1) is 15.8. The average Bonchev–Trinajstić information content (AvgIpc) is 2.84. The molecule has 0 fully saturated rings. The van der Waals surface area contributed by atoms with Gasteiger partial charge in [0.1, 0.15) is 6.54 Å². The molecule has 0 aliphatic rings. The lowest BCUT2D eigenvalue weighted by molar-refractivity contribution is -0.697. The van der Waals surface area contributed by atoms with E-state index in [-0.39, 0.29) is 5.78 Å². The molecule has 0 aliphatic carbocycles. The third kappa shape index (κ3) is 11.6. The smallest absolute Gasteiger partial charge is 0.193 e. The van der Waals surface area contributed by atoms with Crippen molar-refractivity contribution in [1.82, 2.24) is 0 Å². The van der Waals surface area contributed by atoms with Crippen molar-refractivity contribution >= 4 is 5.78 Å². The molecule has 0 unspecified atom stereocenters. The van der Waals surface area contributed by atoms with Gasteiger partial charge in [0.15, 0.2) is 18.2 Å². The lowest BCUT2D eigenvalue weighted by Gasteiger charge is -2.03. The van der Waals surface area contributed by atoms with Gasteiger partial charge in [-0.2, -0.15) is 0 Å². The number of aromatic nitrogens is 1. The van der Waals surface area contributed by atoms with E-state index in [4.69, 9.17) is 0 Å². The summed E-state index contributed by atoms with van der Waals surface area (Å²) in [6.07, 6.45) is 26.5. The summed E-state index contributed by atoms with van der Waals surface area (Å²) in [5.41, 5.74) is 1.52. The van der Waals surface area contributed by atoms with Crippen LogP contribution in [-0.4, -0.2) is 5.78 Å². The maximum Gasteiger partial charge on any atom is 0.193 e. The standard InChI is InChI=1S/C30H46NO/c1-2-3-4-5-6-7-8-9-10-11-12-13-14-15-16-20-25-31-26-23-29(24-27-31)30(32)28-21-18-17-19-22-28/h17-19,21-24,26-27H,2-16,20,25H2,1H3/q+1. The zero-order chi connectivity index (χ0) is 22.7. The Morgan fingerprint density at radius 1 is 0.562 bits per heavy atom. The van der Waals surface area contributed by atoms with E-state index in [2.05, 4.69) is 11.5 Å². The number of rotatable bonds is 19. The number of hydrogen-bond donors (Lipinski definition) is 0. The van der Waals surface area contributed by atoms with Crippen LogP contribution >= 0.6 is 0 Å². The largest absolute Gasteiger partial charge is 0.289 e. The monoisotopic (exact) mass is 436 g/mol. The van der Waals surface area contributed by atoms with E-state index < -0.39 is 0 Å². The molecular formula is C30H46NO+. The zero-order valence-corrected chi connectivity index (χ0v) is 20.6. The number of carbonyl (C=O) groups is 1. The number of benzene rings is 1. The molecule has 0 amide bonds. The van der Waals surface area contributed by atoms with Crippen molar-refractivity contribution in [3.05, 3.63) is 66.0 Å². The van der Waals surface area contributed by atoms with E-state index in [9.17, 15) is 4.79 Å². The quantitative estimate of drug-likeness (QED) is 0.123. The molecule has 1 heterocycles. The molecule has 2 aromatic rings. The van der Waals surface area contributed by atoms with E-state index in [0.29, 0.717) is 0 Å². The normalized spacial score (nSPS) is 11.0. The molecule has 0 saturated carbocycles. The van der Waals surface area contributed by atoms with Gasteiger partial charge in [0, 0.05) is 29.7 Å². The van der Waals surface area contributed by atoms with Crippen LogP contribution < -0.4 is 4.57 Å². The fourth-order valence-electron chi connectivity index (χ4n) is 4.36. The molecule has 1 aromatic heterocycles. The minimum atomic E-state index is 0.0974. The third-order valence-corrected chi connectivity index (χ3v) is 6.46. The number of ketones is 1.